The number of hydrogen-bond acceptors (Lipinski definition) is 4. The minimum atomic E-state index is -4.80. The number of nitrogens with zero attached hydrogens (tertiary/aromatic N) is 2. The van der Waals surface area contributed by atoms with E-state index in [1.807, 2.05) is 6.92 Å². The molecule has 0 spiro atoms. The van der Waals surface area contributed by atoms with Gasteiger partial charge in [-0.1, -0.05) is 41.4 Å². The van der Waals surface area contributed by atoms with Gasteiger partial charge in [0.1, 0.15) is 11.6 Å². The van der Waals surface area contributed by atoms with E-state index in [0.29, 0.717) is 10.6 Å². The Kier molecular flexibility index (Phi) is 6.09. The lowest BCUT2D eigenvalue weighted by Crippen LogP contribution is -2.16. The molecule has 0 fully saturated rings. The SMILES string of the molecule is Cc1ccc(-c2cc(C(F)(F)F)c(C#N)c(OCC(=O)c3ccc(Cl)cc3)n2)cc1. The van der Waals surface area contributed by atoms with Crippen molar-refractivity contribution in [2.45, 2.75) is 13.1 Å². The van der Waals surface area contributed by atoms with Gasteiger partial charge in [-0.25, -0.2) is 4.98 Å². The minimum Gasteiger partial charge on any atom is -0.468 e. The molecule has 0 bridgehead atoms. The van der Waals surface area contributed by atoms with Crippen LogP contribution in [0.3, 0.4) is 0 Å². The van der Waals surface area contributed by atoms with Gasteiger partial charge >= 0.3 is 6.18 Å². The zero-order valence-corrected chi connectivity index (χ0v) is 16.4. The van der Waals surface area contributed by atoms with Crippen LogP contribution in [-0.2, 0) is 6.18 Å². The topological polar surface area (TPSA) is 63.0 Å². The van der Waals surface area contributed by atoms with Crippen molar-refractivity contribution in [3.8, 4) is 23.2 Å². The zero-order chi connectivity index (χ0) is 21.9. The van der Waals surface area contributed by atoms with Crippen molar-refractivity contribution in [2.75, 3.05) is 6.61 Å². The molecule has 0 atom stereocenters. The molecular weight excluding hydrogens is 417 g/mol. The number of aryl methyl sites for hydroxylation is 1. The number of pyridine rings is 1. The molecule has 4 nitrogen and oxygen atoms in total. The van der Waals surface area contributed by atoms with Crippen LogP contribution in [0.2, 0.25) is 5.02 Å². The van der Waals surface area contributed by atoms with Crippen molar-refractivity contribution in [3.63, 3.8) is 0 Å². The lowest BCUT2D eigenvalue weighted by atomic mass is 10.0. The van der Waals surface area contributed by atoms with Crippen LogP contribution >= 0.6 is 11.6 Å². The highest BCUT2D eigenvalue weighted by Crippen LogP contribution is 2.37. The summed E-state index contributed by atoms with van der Waals surface area (Å²) in [5.41, 5.74) is -0.358. The fourth-order valence-electron chi connectivity index (χ4n) is 2.68. The summed E-state index contributed by atoms with van der Waals surface area (Å²) in [4.78, 5) is 16.4. The molecule has 0 radical (unpaired) electrons. The molecule has 0 unspecified atom stereocenters. The Bertz CT molecular complexity index is 1120. The monoisotopic (exact) mass is 430 g/mol. The zero-order valence-electron chi connectivity index (χ0n) is 15.6. The Morgan fingerprint density at radius 1 is 1.13 bits per heavy atom. The van der Waals surface area contributed by atoms with E-state index < -0.39 is 35.6 Å². The number of carbonyl (C=O) groups is 1. The van der Waals surface area contributed by atoms with E-state index in [4.69, 9.17) is 16.3 Å². The Morgan fingerprint density at radius 2 is 1.77 bits per heavy atom. The number of alkyl halides is 3. The number of halogens is 4. The van der Waals surface area contributed by atoms with Crippen LogP contribution in [0.5, 0.6) is 5.88 Å². The standard InChI is InChI=1S/C22H14ClF3N2O2/c1-13-2-4-14(5-3-13)19-10-18(22(24,25)26)17(11-27)21(28-19)30-12-20(29)15-6-8-16(23)9-7-15/h2-10H,12H2,1H3. The van der Waals surface area contributed by atoms with Crippen LogP contribution in [0.25, 0.3) is 11.3 Å². The van der Waals surface area contributed by atoms with Gasteiger partial charge in [-0.05, 0) is 37.3 Å². The number of carbonyl (C=O) groups excluding carboxylic acids is 1. The predicted molar refractivity (Wildman–Crippen MR) is 105 cm³/mol. The lowest BCUT2D eigenvalue weighted by molar-refractivity contribution is -0.137. The number of Topliss-reactive ketones (excluding diaryl/α,β-unsaturated/α-hetero) is 1. The fraction of sp³-hybridized carbons (Fsp3) is 0.136. The Morgan fingerprint density at radius 3 is 2.33 bits per heavy atom. The number of aromatic nitrogens is 1. The molecule has 0 aliphatic heterocycles. The van der Waals surface area contributed by atoms with Gasteiger partial charge in [0, 0.05) is 16.1 Å². The van der Waals surface area contributed by atoms with Crippen molar-refractivity contribution in [3.05, 3.63) is 81.9 Å². The number of rotatable bonds is 5. The molecule has 0 aliphatic rings. The van der Waals surface area contributed by atoms with Crippen LogP contribution in [0.15, 0.2) is 54.6 Å². The molecule has 3 rings (SSSR count). The van der Waals surface area contributed by atoms with Gasteiger partial charge in [-0.15, -0.1) is 0 Å². The van der Waals surface area contributed by atoms with Gasteiger partial charge in [0.25, 0.3) is 0 Å². The van der Waals surface area contributed by atoms with E-state index in [1.54, 1.807) is 24.3 Å². The summed E-state index contributed by atoms with van der Waals surface area (Å²) in [6, 6.07) is 14.9. The maximum atomic E-state index is 13.6. The van der Waals surface area contributed by atoms with Gasteiger partial charge < -0.3 is 4.74 Å². The van der Waals surface area contributed by atoms with E-state index in [9.17, 15) is 23.2 Å². The van der Waals surface area contributed by atoms with E-state index in [2.05, 4.69) is 4.98 Å². The molecule has 0 N–H and O–H groups in total. The van der Waals surface area contributed by atoms with Gasteiger partial charge in [0.2, 0.25) is 5.88 Å². The molecule has 1 aromatic heterocycles. The largest absolute Gasteiger partial charge is 0.468 e. The van der Waals surface area contributed by atoms with Crippen LogP contribution in [0, 0.1) is 18.3 Å². The van der Waals surface area contributed by atoms with Crippen molar-refractivity contribution >= 4 is 17.4 Å². The summed E-state index contributed by atoms with van der Waals surface area (Å²) in [5, 5.41) is 9.74. The number of hydrogen-bond donors (Lipinski definition) is 0. The van der Waals surface area contributed by atoms with E-state index >= 15 is 0 Å². The van der Waals surface area contributed by atoms with E-state index in [0.717, 1.165) is 11.6 Å². The average molecular weight is 431 g/mol. The Hall–Kier alpha value is -3.37. The molecule has 8 heteroatoms. The third-order valence-electron chi connectivity index (χ3n) is 4.26. The van der Waals surface area contributed by atoms with Gasteiger partial charge in [0.05, 0.1) is 11.3 Å². The maximum Gasteiger partial charge on any atom is 0.417 e. The molecule has 1 heterocycles. The first-order valence-electron chi connectivity index (χ1n) is 8.70. The highest BCUT2D eigenvalue weighted by Gasteiger charge is 2.36. The lowest BCUT2D eigenvalue weighted by Gasteiger charge is -2.15. The molecule has 0 saturated heterocycles. The Labute approximate surface area is 175 Å². The normalized spacial score (nSPS) is 11.1. The minimum absolute atomic E-state index is 0.0183. The molecule has 2 aromatic carbocycles. The van der Waals surface area contributed by atoms with Crippen molar-refractivity contribution < 1.29 is 22.7 Å². The molecule has 30 heavy (non-hydrogen) atoms. The summed E-state index contributed by atoms with van der Waals surface area (Å²) in [6.45, 7) is 1.26. The van der Waals surface area contributed by atoms with Crippen LogP contribution in [-0.4, -0.2) is 17.4 Å². The summed E-state index contributed by atoms with van der Waals surface area (Å²) in [6.07, 6.45) is -4.80. The molecule has 0 amide bonds. The first-order chi connectivity index (χ1) is 14.2. The van der Waals surface area contributed by atoms with Crippen molar-refractivity contribution in [1.29, 1.82) is 5.26 Å². The highest BCUT2D eigenvalue weighted by molar-refractivity contribution is 6.30. The van der Waals surface area contributed by atoms with Crippen LogP contribution in [0.4, 0.5) is 13.2 Å². The summed E-state index contributed by atoms with van der Waals surface area (Å²) in [7, 11) is 0. The quantitative estimate of drug-likeness (QED) is 0.475. The average Bonchev–Trinajstić information content (AvgIpc) is 2.71. The third-order valence-corrected chi connectivity index (χ3v) is 4.51. The number of ketones is 1. The molecule has 0 saturated carbocycles. The van der Waals surface area contributed by atoms with E-state index in [-0.39, 0.29) is 11.3 Å². The smallest absolute Gasteiger partial charge is 0.417 e. The predicted octanol–water partition coefficient (Wildman–Crippen LogP) is 5.86. The second-order valence-electron chi connectivity index (χ2n) is 6.43. The fourth-order valence-corrected chi connectivity index (χ4v) is 2.81. The van der Waals surface area contributed by atoms with Crippen molar-refractivity contribution in [2.24, 2.45) is 0 Å². The number of ether oxygens (including phenoxy) is 1. The first-order valence-corrected chi connectivity index (χ1v) is 9.08. The molecule has 152 valence electrons. The Balaban J connectivity index is 2.00. The third kappa shape index (κ3) is 4.78. The summed E-state index contributed by atoms with van der Waals surface area (Å²) < 4.78 is 46.0. The second kappa shape index (κ2) is 8.56. The second-order valence-corrected chi connectivity index (χ2v) is 6.87. The summed E-state index contributed by atoms with van der Waals surface area (Å²) >= 11 is 5.78. The number of nitriles is 1. The molecule has 0 aliphatic carbocycles. The van der Waals surface area contributed by atoms with Gasteiger partial charge in [-0.2, -0.15) is 18.4 Å². The van der Waals surface area contributed by atoms with Crippen molar-refractivity contribution in [1.82, 2.24) is 4.98 Å². The number of benzene rings is 2. The van der Waals surface area contributed by atoms with Crippen LogP contribution < -0.4 is 4.74 Å². The van der Waals surface area contributed by atoms with Gasteiger partial charge in [-0.3, -0.25) is 4.79 Å². The van der Waals surface area contributed by atoms with Crippen LogP contribution in [0.1, 0.15) is 27.0 Å². The summed E-state index contributed by atoms with van der Waals surface area (Å²) in [5.74, 6) is -1.04. The highest BCUT2D eigenvalue weighted by atomic mass is 35.5. The molecule has 3 aromatic rings. The molecular formula is C22H14ClF3N2O2. The van der Waals surface area contributed by atoms with E-state index in [1.165, 1.54) is 30.3 Å². The maximum absolute atomic E-state index is 13.6. The van der Waals surface area contributed by atoms with Gasteiger partial charge in [0.15, 0.2) is 12.4 Å². The first kappa shape index (κ1) is 21.3.